The highest BCUT2D eigenvalue weighted by Gasteiger charge is 2.50. The molecule has 428 valence electrons. The number of aromatic amines is 1. The SMILES string of the molecule is C.CC(C)C[C@H](NC(=O)[C@H](CCc1ccccc1)CC(=O)C[N+]1(Cc2ccc(OC(=O)C(C)C)c(OCc3cn[nH]n3)c2)CCOCC1)C(=O)C[C@@H](Cc1ccccc1)C(=O)N[C@@H](CC(C)C)C(=O)[C@@]1(C)CO1.CS(=O)(=O)[O-]. The highest BCUT2D eigenvalue weighted by Crippen LogP contribution is 2.33. The van der Waals surface area contributed by atoms with Gasteiger partial charge in [-0.15, -0.1) is 0 Å². The molecule has 4 aromatic rings. The first-order chi connectivity index (χ1) is 36.4. The molecule has 0 unspecified atom stereocenters. The molecule has 3 heterocycles. The molecular formula is C58H82N6O13S. The van der Waals surface area contributed by atoms with Crippen molar-refractivity contribution in [1.82, 2.24) is 26.0 Å². The van der Waals surface area contributed by atoms with E-state index >= 15 is 0 Å². The number of epoxide rings is 1. The van der Waals surface area contributed by atoms with Gasteiger partial charge in [-0.25, -0.2) is 8.42 Å². The van der Waals surface area contributed by atoms with Gasteiger partial charge in [0.2, 0.25) is 11.8 Å². The number of aromatic nitrogens is 3. The molecule has 0 radical (unpaired) electrons. The maximum atomic E-state index is 14.7. The lowest BCUT2D eigenvalue weighted by molar-refractivity contribution is -0.940. The van der Waals surface area contributed by atoms with Crippen LogP contribution in [-0.4, -0.2) is 131 Å². The minimum atomic E-state index is -3.92. The number of hydrogen-bond acceptors (Lipinski definition) is 15. The van der Waals surface area contributed by atoms with Crippen LogP contribution in [0.3, 0.4) is 0 Å². The number of nitrogens with one attached hydrogen (secondary N) is 3. The van der Waals surface area contributed by atoms with Gasteiger partial charge in [-0.05, 0) is 80.2 Å². The van der Waals surface area contributed by atoms with Crippen molar-refractivity contribution in [3.8, 4) is 11.5 Å². The number of nitrogens with zero attached hydrogens (tertiary/aromatic N) is 3. The van der Waals surface area contributed by atoms with Crippen molar-refractivity contribution in [2.24, 2.45) is 29.6 Å². The Morgan fingerprint density at radius 1 is 0.795 bits per heavy atom. The first-order valence-corrected chi connectivity index (χ1v) is 28.3. The number of amides is 2. The van der Waals surface area contributed by atoms with E-state index in [1.807, 2.05) is 100 Å². The van der Waals surface area contributed by atoms with Gasteiger partial charge in [0.05, 0.1) is 54.1 Å². The first kappa shape index (κ1) is 64.3. The third kappa shape index (κ3) is 21.9. The third-order valence-electron chi connectivity index (χ3n) is 13.4. The van der Waals surface area contributed by atoms with E-state index in [9.17, 15) is 28.8 Å². The van der Waals surface area contributed by atoms with Crippen molar-refractivity contribution in [1.29, 1.82) is 0 Å². The second-order valence-electron chi connectivity index (χ2n) is 21.8. The van der Waals surface area contributed by atoms with Crippen LogP contribution in [0.15, 0.2) is 85.1 Å². The van der Waals surface area contributed by atoms with Crippen LogP contribution in [-0.2, 0) is 74.4 Å². The van der Waals surface area contributed by atoms with Crippen LogP contribution < -0.4 is 20.1 Å². The predicted octanol–water partition coefficient (Wildman–Crippen LogP) is 6.54. The fourth-order valence-electron chi connectivity index (χ4n) is 9.22. The van der Waals surface area contributed by atoms with Gasteiger partial charge in [0, 0.05) is 36.5 Å². The topological polar surface area (TPSA) is 265 Å². The van der Waals surface area contributed by atoms with E-state index < -0.39 is 57.4 Å². The Morgan fingerprint density at radius 2 is 1.37 bits per heavy atom. The van der Waals surface area contributed by atoms with Crippen molar-refractivity contribution in [2.45, 2.75) is 132 Å². The number of rotatable bonds is 29. The van der Waals surface area contributed by atoms with Gasteiger partial charge in [-0.2, -0.15) is 15.4 Å². The number of esters is 1. The Labute approximate surface area is 460 Å². The molecule has 0 aliphatic carbocycles. The number of ketones is 3. The average Bonchev–Trinajstić information content (AvgIpc) is 3.98. The number of aryl methyl sites for hydroxylation is 1. The van der Waals surface area contributed by atoms with Crippen molar-refractivity contribution in [3.05, 3.63) is 107 Å². The van der Waals surface area contributed by atoms with E-state index in [1.165, 1.54) is 0 Å². The number of H-pyrrole nitrogens is 1. The summed E-state index contributed by atoms with van der Waals surface area (Å²) in [6.07, 6.45) is 3.83. The summed E-state index contributed by atoms with van der Waals surface area (Å²) < 4.78 is 50.7. The molecule has 6 rings (SSSR count). The Morgan fingerprint density at radius 3 is 1.94 bits per heavy atom. The summed E-state index contributed by atoms with van der Waals surface area (Å²) in [6, 6.07) is 22.9. The number of morpholine rings is 1. The standard InChI is InChI=1S/C56H74N6O10.CH4O3S.CH4/c1-37(2)26-47(49(64)31-44(28-41-16-12-9-13-17-41)54(67)59-48(27-38(3)4)52(65)56(7)36-71-56)58-53(66)43(20-18-40-14-10-8-11-15-40)30-46(63)34-62(22-24-69-25-23-62)33-42-19-21-50(72-55(68)39(5)6)51(29-42)70-35-45-32-57-61-60-45;1-5(2,3)4;/h8-17,19,21,29,32,37-39,43-44,47-48H,18,20,22-28,30-31,33-36H2,1-7H3,(H2-,57,58,59,60,61,66,67);1H3,(H,2,3,4);1H4/t43-,44-,47+,48+,56-;;/m1../s1. The Hall–Kier alpha value is -6.19. The van der Waals surface area contributed by atoms with E-state index in [-0.39, 0.29) is 80.7 Å². The van der Waals surface area contributed by atoms with Crippen molar-refractivity contribution < 1.29 is 65.2 Å². The molecule has 3 N–H and O–H groups in total. The molecule has 3 aromatic carbocycles. The summed E-state index contributed by atoms with van der Waals surface area (Å²) in [6.45, 7) is 16.1. The van der Waals surface area contributed by atoms with Crippen LogP contribution >= 0.6 is 0 Å². The zero-order chi connectivity index (χ0) is 56.3. The summed E-state index contributed by atoms with van der Waals surface area (Å²) in [5.41, 5.74) is 2.35. The van der Waals surface area contributed by atoms with Gasteiger partial charge in [0.25, 0.3) is 0 Å². The van der Waals surface area contributed by atoms with E-state index in [2.05, 4.69) is 26.0 Å². The summed E-state index contributed by atoms with van der Waals surface area (Å²) >= 11 is 0. The molecular weight excluding hydrogens is 1020 g/mol. The smallest absolute Gasteiger partial charge is 0.313 e. The summed E-state index contributed by atoms with van der Waals surface area (Å²) in [5.74, 6) is -3.00. The minimum Gasteiger partial charge on any atom is -0.748 e. The number of Topliss-reactive ketones (excluding diaryl/α,β-unsaturated/α-hetero) is 3. The van der Waals surface area contributed by atoms with E-state index in [1.54, 1.807) is 33.0 Å². The molecule has 2 aliphatic heterocycles. The number of hydrogen-bond donors (Lipinski definition) is 3. The van der Waals surface area contributed by atoms with Gasteiger partial charge in [0.15, 0.2) is 28.8 Å². The first-order valence-electron chi connectivity index (χ1n) is 26.5. The summed E-state index contributed by atoms with van der Waals surface area (Å²) in [4.78, 5) is 84.4. The molecule has 78 heavy (non-hydrogen) atoms. The maximum Gasteiger partial charge on any atom is 0.313 e. The molecule has 2 amide bonds. The van der Waals surface area contributed by atoms with Crippen LogP contribution in [0.5, 0.6) is 11.5 Å². The second-order valence-corrected chi connectivity index (χ2v) is 23.2. The fourth-order valence-corrected chi connectivity index (χ4v) is 9.22. The predicted molar refractivity (Wildman–Crippen MR) is 293 cm³/mol. The lowest BCUT2D eigenvalue weighted by atomic mass is 9.87. The number of carbonyl (C=O) groups is 6. The zero-order valence-corrected chi connectivity index (χ0v) is 46.6. The monoisotopic (exact) mass is 1100 g/mol. The number of benzene rings is 3. The summed E-state index contributed by atoms with van der Waals surface area (Å²) in [5, 5.41) is 16.6. The van der Waals surface area contributed by atoms with Crippen LogP contribution in [0.25, 0.3) is 0 Å². The molecule has 0 saturated carbocycles. The van der Waals surface area contributed by atoms with Crippen molar-refractivity contribution in [3.63, 3.8) is 0 Å². The van der Waals surface area contributed by atoms with Gasteiger partial charge >= 0.3 is 5.97 Å². The van der Waals surface area contributed by atoms with Crippen LogP contribution in [0.1, 0.15) is 110 Å². The van der Waals surface area contributed by atoms with E-state index in [0.717, 1.165) is 16.7 Å². The Bertz CT molecular complexity index is 2670. The number of ether oxygens (including phenoxy) is 4. The maximum absolute atomic E-state index is 14.7. The minimum absolute atomic E-state index is 0. The Balaban J connectivity index is 0.00000209. The highest BCUT2D eigenvalue weighted by molar-refractivity contribution is 7.84. The van der Waals surface area contributed by atoms with Gasteiger partial charge in [-0.3, -0.25) is 28.8 Å². The number of quaternary nitrogens is 1. The van der Waals surface area contributed by atoms with Gasteiger partial charge in [0.1, 0.15) is 44.1 Å². The Kier molecular flexibility index (Phi) is 24.9. The zero-order valence-electron chi connectivity index (χ0n) is 45.8. The van der Waals surface area contributed by atoms with Crippen molar-refractivity contribution >= 4 is 45.3 Å². The second kappa shape index (κ2) is 30.2. The van der Waals surface area contributed by atoms with E-state index in [4.69, 9.17) is 31.9 Å². The molecule has 2 aliphatic rings. The lowest BCUT2D eigenvalue weighted by Crippen LogP contribution is -2.57. The molecule has 2 saturated heterocycles. The van der Waals surface area contributed by atoms with E-state index in [0.29, 0.717) is 87.3 Å². The quantitative estimate of drug-likeness (QED) is 0.0171. The molecule has 0 bridgehead atoms. The summed E-state index contributed by atoms with van der Waals surface area (Å²) in [7, 11) is -3.92. The molecule has 19 nitrogen and oxygen atoms in total. The van der Waals surface area contributed by atoms with Crippen LogP contribution in [0.4, 0.5) is 0 Å². The third-order valence-corrected chi connectivity index (χ3v) is 13.4. The molecule has 20 heteroatoms. The lowest BCUT2D eigenvalue weighted by Gasteiger charge is -2.41. The molecule has 1 aromatic heterocycles. The van der Waals surface area contributed by atoms with Crippen LogP contribution in [0, 0.1) is 29.6 Å². The molecule has 5 atom stereocenters. The average molecular weight is 1100 g/mol. The largest absolute Gasteiger partial charge is 0.748 e. The van der Waals surface area contributed by atoms with Gasteiger partial charge < -0.3 is 38.6 Å². The van der Waals surface area contributed by atoms with Gasteiger partial charge in [-0.1, -0.05) is 110 Å². The highest BCUT2D eigenvalue weighted by atomic mass is 32.2. The van der Waals surface area contributed by atoms with Crippen LogP contribution in [0.2, 0.25) is 0 Å². The molecule has 0 spiro atoms. The van der Waals surface area contributed by atoms with Crippen molar-refractivity contribution in [2.75, 3.05) is 45.7 Å². The fraction of sp³-hybridized carbons (Fsp3) is 0.552. The normalized spacial score (nSPS) is 17.3. The number of carbonyl (C=O) groups excluding carboxylic acids is 6. The molecule has 2 fully saturated rings.